The molecule has 0 spiro atoms. The van der Waals surface area contributed by atoms with Gasteiger partial charge in [-0.1, -0.05) is 29.8 Å². The van der Waals surface area contributed by atoms with E-state index in [4.69, 9.17) is 16.7 Å². The van der Waals surface area contributed by atoms with E-state index in [0.29, 0.717) is 0 Å². The minimum atomic E-state index is -1.06. The Morgan fingerprint density at radius 3 is 2.35 bits per heavy atom. The molecule has 4 heteroatoms. The van der Waals surface area contributed by atoms with Crippen molar-refractivity contribution in [2.45, 2.75) is 0 Å². The Bertz CT molecular complexity index is 579. The van der Waals surface area contributed by atoms with Crippen LogP contribution in [0.4, 0.5) is 0 Å². The molecule has 0 saturated carbocycles. The summed E-state index contributed by atoms with van der Waals surface area (Å²) in [7, 11) is 0. The molecule has 0 amide bonds. The van der Waals surface area contributed by atoms with Crippen LogP contribution in [0.5, 0.6) is 5.75 Å². The number of hydrogen-bond donors (Lipinski definition) is 2. The predicted molar refractivity (Wildman–Crippen MR) is 65.5 cm³/mol. The van der Waals surface area contributed by atoms with Gasteiger partial charge in [-0.15, -0.1) is 0 Å². The Hall–Kier alpha value is -2.00. The molecule has 2 aromatic carbocycles. The van der Waals surface area contributed by atoms with Crippen molar-refractivity contribution in [1.29, 1.82) is 0 Å². The SMILES string of the molecule is O=C(O)c1ccc(-c2cccc(O)c2)cc1Cl. The molecule has 86 valence electrons. The van der Waals surface area contributed by atoms with Gasteiger partial charge in [0, 0.05) is 0 Å². The van der Waals surface area contributed by atoms with E-state index in [-0.39, 0.29) is 16.3 Å². The number of carbonyl (C=O) groups is 1. The van der Waals surface area contributed by atoms with Crippen molar-refractivity contribution in [2.75, 3.05) is 0 Å². The van der Waals surface area contributed by atoms with Crippen molar-refractivity contribution in [2.24, 2.45) is 0 Å². The summed E-state index contributed by atoms with van der Waals surface area (Å²) < 4.78 is 0. The number of rotatable bonds is 2. The number of aromatic hydroxyl groups is 1. The van der Waals surface area contributed by atoms with Crippen LogP contribution < -0.4 is 0 Å². The first-order chi connectivity index (χ1) is 8.08. The monoisotopic (exact) mass is 248 g/mol. The molecule has 0 aliphatic heterocycles. The summed E-state index contributed by atoms with van der Waals surface area (Å²) >= 11 is 5.87. The summed E-state index contributed by atoms with van der Waals surface area (Å²) in [6, 6.07) is 11.4. The Morgan fingerprint density at radius 1 is 1.06 bits per heavy atom. The average Bonchev–Trinajstić information content (AvgIpc) is 2.28. The molecule has 17 heavy (non-hydrogen) atoms. The minimum Gasteiger partial charge on any atom is -0.508 e. The third kappa shape index (κ3) is 2.40. The fourth-order valence-corrected chi connectivity index (χ4v) is 1.81. The highest BCUT2D eigenvalue weighted by Crippen LogP contribution is 2.27. The number of carboxylic acid groups (broad SMARTS) is 1. The fraction of sp³-hybridized carbons (Fsp3) is 0. The van der Waals surface area contributed by atoms with Crippen LogP contribution in [0.25, 0.3) is 11.1 Å². The van der Waals surface area contributed by atoms with Gasteiger partial charge in [-0.25, -0.2) is 4.79 Å². The molecule has 3 nitrogen and oxygen atoms in total. The predicted octanol–water partition coefficient (Wildman–Crippen LogP) is 3.41. The fourth-order valence-electron chi connectivity index (χ4n) is 1.55. The van der Waals surface area contributed by atoms with Gasteiger partial charge in [0.1, 0.15) is 5.75 Å². The second-order valence-electron chi connectivity index (χ2n) is 3.55. The van der Waals surface area contributed by atoms with E-state index in [2.05, 4.69) is 0 Å². The Balaban J connectivity index is 2.48. The second-order valence-corrected chi connectivity index (χ2v) is 3.96. The first-order valence-corrected chi connectivity index (χ1v) is 5.28. The van der Waals surface area contributed by atoms with Gasteiger partial charge in [0.05, 0.1) is 10.6 Å². The summed E-state index contributed by atoms with van der Waals surface area (Å²) in [4.78, 5) is 10.8. The van der Waals surface area contributed by atoms with Crippen LogP contribution in [-0.4, -0.2) is 16.2 Å². The van der Waals surface area contributed by atoms with E-state index in [1.165, 1.54) is 6.07 Å². The number of halogens is 1. The van der Waals surface area contributed by atoms with Crippen molar-refractivity contribution in [3.05, 3.63) is 53.1 Å². The average molecular weight is 249 g/mol. The van der Waals surface area contributed by atoms with E-state index in [0.717, 1.165) is 11.1 Å². The Morgan fingerprint density at radius 2 is 1.76 bits per heavy atom. The van der Waals surface area contributed by atoms with Gasteiger partial charge in [-0.05, 0) is 35.4 Å². The van der Waals surface area contributed by atoms with Gasteiger partial charge in [0.15, 0.2) is 0 Å². The van der Waals surface area contributed by atoms with E-state index >= 15 is 0 Å². The second kappa shape index (κ2) is 4.47. The number of hydrogen-bond acceptors (Lipinski definition) is 2. The van der Waals surface area contributed by atoms with Crippen LogP contribution in [0, 0.1) is 0 Å². The van der Waals surface area contributed by atoms with Crippen LogP contribution in [0.1, 0.15) is 10.4 Å². The smallest absolute Gasteiger partial charge is 0.337 e. The van der Waals surface area contributed by atoms with Gasteiger partial charge < -0.3 is 10.2 Å². The summed E-state index contributed by atoms with van der Waals surface area (Å²) in [5.74, 6) is -0.904. The number of carboxylic acids is 1. The van der Waals surface area contributed by atoms with Crippen LogP contribution in [-0.2, 0) is 0 Å². The highest BCUT2D eigenvalue weighted by Gasteiger charge is 2.09. The maximum Gasteiger partial charge on any atom is 0.337 e. The molecule has 0 heterocycles. The summed E-state index contributed by atoms with van der Waals surface area (Å²) in [6.07, 6.45) is 0. The molecule has 0 bridgehead atoms. The van der Waals surface area contributed by atoms with E-state index in [1.54, 1.807) is 30.3 Å². The van der Waals surface area contributed by atoms with Gasteiger partial charge >= 0.3 is 5.97 Å². The third-order valence-electron chi connectivity index (χ3n) is 2.38. The molecule has 0 aliphatic rings. The maximum atomic E-state index is 10.8. The lowest BCUT2D eigenvalue weighted by molar-refractivity contribution is 0.0697. The summed E-state index contributed by atoms with van der Waals surface area (Å²) in [5, 5.41) is 18.4. The van der Waals surface area contributed by atoms with Crippen LogP contribution in [0.3, 0.4) is 0 Å². The highest BCUT2D eigenvalue weighted by atomic mass is 35.5. The number of benzene rings is 2. The minimum absolute atomic E-state index is 0.0653. The Labute approximate surface area is 103 Å². The quantitative estimate of drug-likeness (QED) is 0.856. The molecule has 0 aromatic heterocycles. The Kier molecular flexibility index (Phi) is 3.02. The largest absolute Gasteiger partial charge is 0.508 e. The number of phenolic OH excluding ortho intramolecular Hbond substituents is 1. The number of aromatic carboxylic acids is 1. The molecule has 0 radical (unpaired) electrons. The molecular formula is C13H9ClO3. The molecule has 0 atom stereocenters. The van der Waals surface area contributed by atoms with Gasteiger partial charge in [-0.3, -0.25) is 0 Å². The van der Waals surface area contributed by atoms with Crippen LogP contribution in [0.2, 0.25) is 5.02 Å². The van der Waals surface area contributed by atoms with Crippen molar-refractivity contribution in [1.82, 2.24) is 0 Å². The first kappa shape index (κ1) is 11.5. The van der Waals surface area contributed by atoms with E-state index in [9.17, 15) is 9.90 Å². The molecule has 0 unspecified atom stereocenters. The molecule has 2 aromatic rings. The lowest BCUT2D eigenvalue weighted by atomic mass is 10.0. The van der Waals surface area contributed by atoms with Gasteiger partial charge in [-0.2, -0.15) is 0 Å². The van der Waals surface area contributed by atoms with Gasteiger partial charge in [0.25, 0.3) is 0 Å². The van der Waals surface area contributed by atoms with E-state index < -0.39 is 5.97 Å². The lowest BCUT2D eigenvalue weighted by Gasteiger charge is -2.05. The molecular weight excluding hydrogens is 240 g/mol. The molecule has 0 fully saturated rings. The highest BCUT2D eigenvalue weighted by molar-refractivity contribution is 6.33. The van der Waals surface area contributed by atoms with E-state index in [1.807, 2.05) is 6.07 Å². The lowest BCUT2D eigenvalue weighted by Crippen LogP contribution is -1.97. The summed E-state index contributed by atoms with van der Waals surface area (Å²) in [5.41, 5.74) is 1.61. The third-order valence-corrected chi connectivity index (χ3v) is 2.69. The standard InChI is InChI=1S/C13H9ClO3/c14-12-7-9(4-5-11(12)13(16)17)8-2-1-3-10(15)6-8/h1-7,15H,(H,16,17). The zero-order valence-electron chi connectivity index (χ0n) is 8.72. The van der Waals surface area contributed by atoms with Crippen molar-refractivity contribution < 1.29 is 15.0 Å². The maximum absolute atomic E-state index is 10.8. The molecule has 0 aliphatic carbocycles. The number of phenols is 1. The van der Waals surface area contributed by atoms with Crippen molar-refractivity contribution >= 4 is 17.6 Å². The normalized spacial score (nSPS) is 10.2. The summed E-state index contributed by atoms with van der Waals surface area (Å²) in [6.45, 7) is 0. The molecule has 2 rings (SSSR count). The van der Waals surface area contributed by atoms with Crippen LogP contribution in [0.15, 0.2) is 42.5 Å². The first-order valence-electron chi connectivity index (χ1n) is 4.90. The topological polar surface area (TPSA) is 57.5 Å². The molecule has 2 N–H and O–H groups in total. The van der Waals surface area contributed by atoms with Crippen molar-refractivity contribution in [3.8, 4) is 16.9 Å². The zero-order chi connectivity index (χ0) is 12.4. The van der Waals surface area contributed by atoms with Gasteiger partial charge in [0.2, 0.25) is 0 Å². The van der Waals surface area contributed by atoms with Crippen molar-refractivity contribution in [3.63, 3.8) is 0 Å². The zero-order valence-corrected chi connectivity index (χ0v) is 9.48. The van der Waals surface area contributed by atoms with Crippen LogP contribution >= 0.6 is 11.6 Å². The molecule has 0 saturated heterocycles.